The summed E-state index contributed by atoms with van der Waals surface area (Å²) in [5.41, 5.74) is 8.79. The van der Waals surface area contributed by atoms with E-state index in [4.69, 9.17) is 5.73 Å². The number of nitrogens with two attached hydrogens (primary N) is 1. The lowest BCUT2D eigenvalue weighted by Gasteiger charge is -2.07. The van der Waals surface area contributed by atoms with Gasteiger partial charge in [-0.25, -0.2) is 0 Å². The summed E-state index contributed by atoms with van der Waals surface area (Å²) in [7, 11) is 0. The molecule has 2 rings (SSSR count). The molecule has 90 valence electrons. The molecule has 0 amide bonds. The summed E-state index contributed by atoms with van der Waals surface area (Å²) in [5.74, 6) is 0. The fourth-order valence-electron chi connectivity index (χ4n) is 1.83. The molecule has 0 atom stereocenters. The van der Waals surface area contributed by atoms with E-state index in [1.165, 1.54) is 5.56 Å². The number of nitrogens with zero attached hydrogens (tertiary/aromatic N) is 3. The molecule has 17 heavy (non-hydrogen) atoms. The van der Waals surface area contributed by atoms with Gasteiger partial charge in [-0.2, -0.15) is 15.0 Å². The Kier molecular flexibility index (Phi) is 3.88. The van der Waals surface area contributed by atoms with Crippen LogP contribution in [-0.4, -0.2) is 21.5 Å². The van der Waals surface area contributed by atoms with Gasteiger partial charge in [0.2, 0.25) is 0 Å². The average molecular weight is 230 g/mol. The van der Waals surface area contributed by atoms with Crippen LogP contribution in [0.25, 0.3) is 5.69 Å². The molecule has 2 aromatic rings. The van der Waals surface area contributed by atoms with Gasteiger partial charge in [-0.15, -0.1) is 0 Å². The first-order valence-corrected chi connectivity index (χ1v) is 5.98. The molecule has 0 radical (unpaired) electrons. The molecular weight excluding hydrogens is 212 g/mol. The molecule has 0 aliphatic carbocycles. The van der Waals surface area contributed by atoms with Crippen LogP contribution in [0.4, 0.5) is 0 Å². The lowest BCUT2D eigenvalue weighted by atomic mass is 10.1. The molecule has 1 heterocycles. The zero-order chi connectivity index (χ0) is 12.1. The van der Waals surface area contributed by atoms with E-state index in [-0.39, 0.29) is 0 Å². The number of unbranched alkanes of at least 4 members (excludes halogenated alkanes) is 1. The number of rotatable bonds is 5. The third-order valence-corrected chi connectivity index (χ3v) is 2.71. The first-order valence-electron chi connectivity index (χ1n) is 5.98. The minimum absolute atomic E-state index is 0.751. The Hall–Kier alpha value is -1.68. The van der Waals surface area contributed by atoms with E-state index in [2.05, 4.69) is 28.4 Å². The van der Waals surface area contributed by atoms with E-state index < -0.39 is 0 Å². The van der Waals surface area contributed by atoms with E-state index in [0.29, 0.717) is 0 Å². The van der Waals surface area contributed by atoms with E-state index in [1.807, 2.05) is 13.0 Å². The summed E-state index contributed by atoms with van der Waals surface area (Å²) < 4.78 is 0. The molecule has 0 unspecified atom stereocenters. The van der Waals surface area contributed by atoms with Crippen LogP contribution in [0.1, 0.15) is 24.1 Å². The Morgan fingerprint density at radius 3 is 2.76 bits per heavy atom. The highest BCUT2D eigenvalue weighted by atomic mass is 15.5. The first-order chi connectivity index (χ1) is 8.31. The van der Waals surface area contributed by atoms with Gasteiger partial charge in [0.25, 0.3) is 0 Å². The van der Waals surface area contributed by atoms with E-state index in [0.717, 1.165) is 37.2 Å². The predicted molar refractivity (Wildman–Crippen MR) is 68.1 cm³/mol. The topological polar surface area (TPSA) is 56.7 Å². The van der Waals surface area contributed by atoms with Crippen molar-refractivity contribution in [3.05, 3.63) is 41.7 Å². The molecule has 0 spiro atoms. The van der Waals surface area contributed by atoms with Crippen LogP contribution >= 0.6 is 0 Å². The molecule has 0 aliphatic rings. The number of aryl methyl sites for hydroxylation is 2. The van der Waals surface area contributed by atoms with Crippen LogP contribution in [0.3, 0.4) is 0 Å². The van der Waals surface area contributed by atoms with Crippen LogP contribution < -0.4 is 5.73 Å². The summed E-state index contributed by atoms with van der Waals surface area (Å²) in [6.07, 6.45) is 4.96. The smallest absolute Gasteiger partial charge is 0.0888 e. The third-order valence-electron chi connectivity index (χ3n) is 2.71. The largest absolute Gasteiger partial charge is 0.330 e. The van der Waals surface area contributed by atoms with Crippen molar-refractivity contribution in [1.82, 2.24) is 15.0 Å². The van der Waals surface area contributed by atoms with Crippen LogP contribution in [0, 0.1) is 6.92 Å². The molecule has 0 aliphatic heterocycles. The van der Waals surface area contributed by atoms with Gasteiger partial charge in [-0.1, -0.05) is 18.2 Å². The second kappa shape index (κ2) is 5.59. The summed E-state index contributed by atoms with van der Waals surface area (Å²) >= 11 is 0. The SMILES string of the molecule is Cc1cnn(-c2ccccc2CCCCN)n1. The third kappa shape index (κ3) is 2.91. The molecule has 1 aromatic carbocycles. The van der Waals surface area contributed by atoms with Crippen LogP contribution in [-0.2, 0) is 6.42 Å². The fourth-order valence-corrected chi connectivity index (χ4v) is 1.83. The quantitative estimate of drug-likeness (QED) is 0.798. The monoisotopic (exact) mass is 230 g/mol. The highest BCUT2D eigenvalue weighted by molar-refractivity contribution is 5.39. The summed E-state index contributed by atoms with van der Waals surface area (Å²) in [5, 5.41) is 8.61. The molecule has 0 saturated carbocycles. The molecule has 0 saturated heterocycles. The van der Waals surface area contributed by atoms with Crippen molar-refractivity contribution in [2.45, 2.75) is 26.2 Å². The number of para-hydroxylation sites is 1. The molecule has 4 heteroatoms. The lowest BCUT2D eigenvalue weighted by Crippen LogP contribution is -2.04. The zero-order valence-corrected chi connectivity index (χ0v) is 10.1. The number of aromatic nitrogens is 3. The standard InChI is InChI=1S/C13H18N4/c1-11-10-15-17(16-11)13-8-3-2-6-12(13)7-4-5-9-14/h2-3,6,8,10H,4-5,7,9,14H2,1H3. The van der Waals surface area contributed by atoms with Crippen LogP contribution in [0.5, 0.6) is 0 Å². The molecule has 2 N–H and O–H groups in total. The van der Waals surface area contributed by atoms with Crippen LogP contribution in [0.2, 0.25) is 0 Å². The Morgan fingerprint density at radius 1 is 1.24 bits per heavy atom. The van der Waals surface area contributed by atoms with Crippen molar-refractivity contribution < 1.29 is 0 Å². The normalized spacial score (nSPS) is 10.7. The van der Waals surface area contributed by atoms with Crippen molar-refractivity contribution in [1.29, 1.82) is 0 Å². The predicted octanol–water partition coefficient (Wildman–Crippen LogP) is 1.86. The molecular formula is C13H18N4. The molecule has 0 fully saturated rings. The Labute approximate surface area is 101 Å². The zero-order valence-electron chi connectivity index (χ0n) is 10.1. The van der Waals surface area contributed by atoms with Gasteiger partial charge >= 0.3 is 0 Å². The second-order valence-corrected chi connectivity index (χ2v) is 4.15. The van der Waals surface area contributed by atoms with Gasteiger partial charge in [0.05, 0.1) is 17.6 Å². The average Bonchev–Trinajstić information content (AvgIpc) is 2.77. The van der Waals surface area contributed by atoms with Gasteiger partial charge in [0.15, 0.2) is 0 Å². The van der Waals surface area contributed by atoms with Crippen molar-refractivity contribution in [3.8, 4) is 5.69 Å². The van der Waals surface area contributed by atoms with Gasteiger partial charge in [-0.05, 0) is 44.4 Å². The lowest BCUT2D eigenvalue weighted by molar-refractivity contribution is 0.709. The Balaban J connectivity index is 2.21. The van der Waals surface area contributed by atoms with E-state index in [9.17, 15) is 0 Å². The molecule has 1 aromatic heterocycles. The van der Waals surface area contributed by atoms with Crippen LogP contribution in [0.15, 0.2) is 30.5 Å². The Bertz CT molecular complexity index is 476. The first kappa shape index (κ1) is 11.8. The maximum Gasteiger partial charge on any atom is 0.0888 e. The van der Waals surface area contributed by atoms with Gasteiger partial charge in [0.1, 0.15) is 0 Å². The minimum Gasteiger partial charge on any atom is -0.330 e. The number of hydrogen-bond donors (Lipinski definition) is 1. The van der Waals surface area contributed by atoms with Crippen molar-refractivity contribution in [2.24, 2.45) is 5.73 Å². The maximum absolute atomic E-state index is 5.52. The highest BCUT2D eigenvalue weighted by Gasteiger charge is 2.05. The van der Waals surface area contributed by atoms with Crippen molar-refractivity contribution in [3.63, 3.8) is 0 Å². The maximum atomic E-state index is 5.52. The summed E-state index contributed by atoms with van der Waals surface area (Å²) in [4.78, 5) is 1.70. The summed E-state index contributed by atoms with van der Waals surface area (Å²) in [6.45, 7) is 2.70. The minimum atomic E-state index is 0.751. The summed E-state index contributed by atoms with van der Waals surface area (Å²) in [6, 6.07) is 8.25. The molecule has 4 nitrogen and oxygen atoms in total. The number of benzene rings is 1. The Morgan fingerprint density at radius 2 is 2.06 bits per heavy atom. The van der Waals surface area contributed by atoms with Gasteiger partial charge < -0.3 is 5.73 Å². The van der Waals surface area contributed by atoms with Gasteiger partial charge in [0, 0.05) is 0 Å². The highest BCUT2D eigenvalue weighted by Crippen LogP contribution is 2.15. The van der Waals surface area contributed by atoms with E-state index in [1.54, 1.807) is 11.0 Å². The van der Waals surface area contributed by atoms with Crippen molar-refractivity contribution in [2.75, 3.05) is 6.54 Å². The molecule has 0 bridgehead atoms. The van der Waals surface area contributed by atoms with Gasteiger partial charge in [-0.3, -0.25) is 0 Å². The van der Waals surface area contributed by atoms with E-state index >= 15 is 0 Å². The number of hydrogen-bond acceptors (Lipinski definition) is 3. The van der Waals surface area contributed by atoms with Crippen molar-refractivity contribution >= 4 is 0 Å². The fraction of sp³-hybridized carbons (Fsp3) is 0.385. The second-order valence-electron chi connectivity index (χ2n) is 4.15.